The number of carbonyl (C=O) groups is 1. The molecule has 3 heterocycles. The van der Waals surface area contributed by atoms with Crippen LogP contribution in [0.25, 0.3) is 22.6 Å². The Morgan fingerprint density at radius 3 is 2.69 bits per heavy atom. The molecular weight excluding hydrogens is 332 g/mol. The highest BCUT2D eigenvalue weighted by atomic mass is 16.5. The Balaban J connectivity index is 1.71. The highest BCUT2D eigenvalue weighted by Gasteiger charge is 2.15. The molecule has 2 N–H and O–H groups in total. The molecule has 128 valence electrons. The smallest absolute Gasteiger partial charge is 0.256 e. The Kier molecular flexibility index (Phi) is 3.98. The predicted molar refractivity (Wildman–Crippen MR) is 95.9 cm³/mol. The number of H-pyrrole nitrogens is 1. The number of amides is 1. The fourth-order valence-corrected chi connectivity index (χ4v) is 2.46. The van der Waals surface area contributed by atoms with E-state index in [1.807, 2.05) is 12.1 Å². The summed E-state index contributed by atoms with van der Waals surface area (Å²) >= 11 is 0. The maximum Gasteiger partial charge on any atom is 0.256 e. The SMILES string of the molecule is COc1ccc(C(=O)Nc2nc(-c3ccccn3)nc3[nH]ncc23)cc1. The molecule has 8 nitrogen and oxygen atoms in total. The van der Waals surface area contributed by atoms with Gasteiger partial charge in [0.2, 0.25) is 0 Å². The van der Waals surface area contributed by atoms with Crippen LogP contribution in [-0.2, 0) is 0 Å². The third-order valence-corrected chi connectivity index (χ3v) is 3.79. The fraction of sp³-hybridized carbons (Fsp3) is 0.0556. The summed E-state index contributed by atoms with van der Waals surface area (Å²) in [6.07, 6.45) is 3.23. The van der Waals surface area contributed by atoms with Crippen molar-refractivity contribution in [2.75, 3.05) is 12.4 Å². The summed E-state index contributed by atoms with van der Waals surface area (Å²) in [5.74, 6) is 1.15. The normalized spacial score (nSPS) is 10.7. The van der Waals surface area contributed by atoms with Crippen LogP contribution in [0.4, 0.5) is 5.82 Å². The van der Waals surface area contributed by atoms with Crippen LogP contribution >= 0.6 is 0 Å². The van der Waals surface area contributed by atoms with Crippen molar-refractivity contribution in [1.82, 2.24) is 25.1 Å². The topological polar surface area (TPSA) is 106 Å². The van der Waals surface area contributed by atoms with Crippen molar-refractivity contribution < 1.29 is 9.53 Å². The molecule has 0 bridgehead atoms. The van der Waals surface area contributed by atoms with Gasteiger partial charge >= 0.3 is 0 Å². The fourth-order valence-electron chi connectivity index (χ4n) is 2.46. The van der Waals surface area contributed by atoms with Gasteiger partial charge in [0.05, 0.1) is 18.7 Å². The second-order valence-corrected chi connectivity index (χ2v) is 5.43. The molecule has 0 radical (unpaired) electrons. The lowest BCUT2D eigenvalue weighted by atomic mass is 10.2. The van der Waals surface area contributed by atoms with Gasteiger partial charge in [-0.1, -0.05) is 6.07 Å². The van der Waals surface area contributed by atoms with Crippen LogP contribution in [-0.4, -0.2) is 38.2 Å². The number of hydrogen-bond acceptors (Lipinski definition) is 6. The maximum absolute atomic E-state index is 12.6. The molecule has 0 saturated carbocycles. The highest BCUT2D eigenvalue weighted by Crippen LogP contribution is 2.23. The number of anilines is 1. The molecule has 4 aromatic rings. The van der Waals surface area contributed by atoms with Gasteiger partial charge in [0.1, 0.15) is 17.3 Å². The van der Waals surface area contributed by atoms with E-state index < -0.39 is 0 Å². The van der Waals surface area contributed by atoms with Crippen LogP contribution in [0, 0.1) is 0 Å². The standard InChI is InChI=1S/C18H14N6O2/c1-26-12-7-5-11(6-8-12)18(25)23-15-13-10-20-24-16(13)22-17(21-15)14-4-2-3-9-19-14/h2-10H,1H3,(H2,20,21,22,23,24,25). The summed E-state index contributed by atoms with van der Waals surface area (Å²) in [6.45, 7) is 0. The lowest BCUT2D eigenvalue weighted by molar-refractivity contribution is 0.102. The van der Waals surface area contributed by atoms with Crippen LogP contribution in [0.2, 0.25) is 0 Å². The number of fused-ring (bicyclic) bond motifs is 1. The number of carbonyl (C=O) groups excluding carboxylic acids is 1. The summed E-state index contributed by atoms with van der Waals surface area (Å²) in [4.78, 5) is 25.7. The van der Waals surface area contributed by atoms with Crippen molar-refractivity contribution in [3.05, 3.63) is 60.4 Å². The lowest BCUT2D eigenvalue weighted by Crippen LogP contribution is -2.14. The van der Waals surface area contributed by atoms with Crippen molar-refractivity contribution in [1.29, 1.82) is 0 Å². The van der Waals surface area contributed by atoms with Gasteiger partial charge in [-0.25, -0.2) is 9.97 Å². The van der Waals surface area contributed by atoms with E-state index in [9.17, 15) is 4.79 Å². The first-order chi connectivity index (χ1) is 12.7. The molecule has 0 aliphatic heterocycles. The molecule has 1 amide bonds. The first-order valence-electron chi connectivity index (χ1n) is 7.82. The highest BCUT2D eigenvalue weighted by molar-refractivity contribution is 6.07. The second-order valence-electron chi connectivity index (χ2n) is 5.43. The first kappa shape index (κ1) is 15.7. The molecule has 0 unspecified atom stereocenters. The number of benzene rings is 1. The van der Waals surface area contributed by atoms with Crippen molar-refractivity contribution in [2.45, 2.75) is 0 Å². The third kappa shape index (κ3) is 2.95. The average molecular weight is 346 g/mol. The van der Waals surface area contributed by atoms with E-state index in [1.54, 1.807) is 49.8 Å². The summed E-state index contributed by atoms with van der Waals surface area (Å²) in [5, 5.41) is 10.2. The molecule has 8 heteroatoms. The number of aromatic nitrogens is 5. The molecule has 4 rings (SSSR count). The van der Waals surface area contributed by atoms with Gasteiger partial charge in [-0.15, -0.1) is 0 Å². The molecule has 1 aromatic carbocycles. The molecular formula is C18H14N6O2. The van der Waals surface area contributed by atoms with E-state index >= 15 is 0 Å². The van der Waals surface area contributed by atoms with Crippen molar-refractivity contribution in [2.24, 2.45) is 0 Å². The van der Waals surface area contributed by atoms with E-state index in [4.69, 9.17) is 4.74 Å². The van der Waals surface area contributed by atoms with Crippen LogP contribution in [0.15, 0.2) is 54.9 Å². The minimum Gasteiger partial charge on any atom is -0.497 e. The molecule has 0 fully saturated rings. The van der Waals surface area contributed by atoms with Crippen molar-refractivity contribution in [3.8, 4) is 17.3 Å². The van der Waals surface area contributed by atoms with Crippen LogP contribution in [0.3, 0.4) is 0 Å². The summed E-state index contributed by atoms with van der Waals surface area (Å²) in [6, 6.07) is 12.3. The second kappa shape index (κ2) is 6.60. The quantitative estimate of drug-likeness (QED) is 0.588. The van der Waals surface area contributed by atoms with E-state index in [2.05, 4.69) is 30.5 Å². The number of nitrogens with one attached hydrogen (secondary N) is 2. The van der Waals surface area contributed by atoms with E-state index in [-0.39, 0.29) is 5.91 Å². The van der Waals surface area contributed by atoms with Gasteiger partial charge in [0.25, 0.3) is 5.91 Å². The van der Waals surface area contributed by atoms with E-state index in [1.165, 1.54) is 0 Å². The van der Waals surface area contributed by atoms with Crippen LogP contribution < -0.4 is 10.1 Å². The molecule has 0 atom stereocenters. The summed E-state index contributed by atoms with van der Waals surface area (Å²) in [7, 11) is 1.57. The van der Waals surface area contributed by atoms with Gasteiger partial charge in [0.15, 0.2) is 11.5 Å². The Bertz CT molecular complexity index is 1060. The molecule has 3 aromatic heterocycles. The van der Waals surface area contributed by atoms with Gasteiger partial charge in [-0.2, -0.15) is 5.10 Å². The largest absolute Gasteiger partial charge is 0.497 e. The number of methoxy groups -OCH3 is 1. The Hall–Kier alpha value is -3.81. The number of pyridine rings is 1. The molecule has 0 saturated heterocycles. The average Bonchev–Trinajstić information content (AvgIpc) is 3.17. The summed E-state index contributed by atoms with van der Waals surface area (Å²) < 4.78 is 5.11. The predicted octanol–water partition coefficient (Wildman–Crippen LogP) is 2.68. The van der Waals surface area contributed by atoms with Gasteiger partial charge < -0.3 is 10.1 Å². The number of hydrogen-bond donors (Lipinski definition) is 2. The molecule has 0 spiro atoms. The molecule has 0 aliphatic rings. The van der Waals surface area contributed by atoms with Crippen molar-refractivity contribution in [3.63, 3.8) is 0 Å². The molecule has 26 heavy (non-hydrogen) atoms. The summed E-state index contributed by atoms with van der Waals surface area (Å²) in [5.41, 5.74) is 1.61. The Labute approximate surface area is 148 Å². The number of nitrogens with zero attached hydrogens (tertiary/aromatic N) is 4. The maximum atomic E-state index is 12.6. The first-order valence-corrected chi connectivity index (χ1v) is 7.82. The van der Waals surface area contributed by atoms with Crippen LogP contribution in [0.5, 0.6) is 5.75 Å². The lowest BCUT2D eigenvalue weighted by Gasteiger charge is -2.08. The van der Waals surface area contributed by atoms with Gasteiger partial charge in [-0.3, -0.25) is 14.9 Å². The Morgan fingerprint density at radius 2 is 1.96 bits per heavy atom. The van der Waals surface area contributed by atoms with Crippen LogP contribution in [0.1, 0.15) is 10.4 Å². The Morgan fingerprint density at radius 1 is 1.12 bits per heavy atom. The minimum absolute atomic E-state index is 0.291. The van der Waals surface area contributed by atoms with Gasteiger partial charge in [-0.05, 0) is 36.4 Å². The van der Waals surface area contributed by atoms with Crippen molar-refractivity contribution >= 4 is 22.8 Å². The zero-order chi connectivity index (χ0) is 17.9. The molecule has 0 aliphatic carbocycles. The number of rotatable bonds is 4. The minimum atomic E-state index is -0.291. The zero-order valence-electron chi connectivity index (χ0n) is 13.8. The monoisotopic (exact) mass is 346 g/mol. The zero-order valence-corrected chi connectivity index (χ0v) is 13.8. The van der Waals surface area contributed by atoms with E-state index in [0.29, 0.717) is 39.7 Å². The number of ether oxygens (including phenoxy) is 1. The number of aromatic amines is 1. The van der Waals surface area contributed by atoms with Gasteiger partial charge in [0, 0.05) is 11.8 Å². The van der Waals surface area contributed by atoms with E-state index in [0.717, 1.165) is 0 Å². The third-order valence-electron chi connectivity index (χ3n) is 3.79.